The summed E-state index contributed by atoms with van der Waals surface area (Å²) in [6.07, 6.45) is 1.47. The Balaban J connectivity index is 1.59. The van der Waals surface area contributed by atoms with Crippen LogP contribution in [0.15, 0.2) is 24.7 Å². The van der Waals surface area contributed by atoms with Gasteiger partial charge in [0.2, 0.25) is 6.23 Å². The largest absolute Gasteiger partial charge is 0.465 e. The third kappa shape index (κ3) is 3.46. The van der Waals surface area contributed by atoms with Crippen molar-refractivity contribution in [1.29, 1.82) is 0 Å². The number of fused-ring (bicyclic) bond motifs is 1. The van der Waals surface area contributed by atoms with Crippen LogP contribution >= 0.6 is 12.2 Å². The number of aliphatic hydroxyl groups is 2. The summed E-state index contributed by atoms with van der Waals surface area (Å²) in [5.41, 5.74) is 0.991. The lowest BCUT2D eigenvalue weighted by atomic mass is 10.2. The minimum absolute atomic E-state index is 0.0486. The number of imidazole rings is 1. The molecule has 0 spiro atoms. The van der Waals surface area contributed by atoms with Crippen molar-refractivity contribution in [3.63, 3.8) is 0 Å². The van der Waals surface area contributed by atoms with Gasteiger partial charge in [-0.15, -0.1) is 0 Å². The third-order valence-electron chi connectivity index (χ3n) is 4.55. The number of nitrogens with zero attached hydrogens (tertiary/aromatic N) is 4. The van der Waals surface area contributed by atoms with E-state index in [1.54, 1.807) is 11.6 Å². The Morgan fingerprint density at radius 2 is 2.25 bits per heavy atom. The summed E-state index contributed by atoms with van der Waals surface area (Å²) in [6, 6.07) is 0.154. The van der Waals surface area contributed by atoms with Gasteiger partial charge in [0.1, 0.15) is 31.1 Å². The predicted molar refractivity (Wildman–Crippen MR) is 101 cm³/mol. The van der Waals surface area contributed by atoms with Crippen LogP contribution in [0.25, 0.3) is 11.2 Å². The van der Waals surface area contributed by atoms with E-state index in [-0.39, 0.29) is 17.0 Å². The Hall–Kier alpha value is -2.54. The third-order valence-corrected chi connectivity index (χ3v) is 4.85. The van der Waals surface area contributed by atoms with E-state index in [9.17, 15) is 10.2 Å². The standard InChI is InChI=1S/C16H20N6O5S/c1-17-16(28)26-5-9-11(23)12(24)15(27-9)22-7-20-10-13(18-6-19-14(10)22)21-8-2-3-25-4-8/h5-8,11-12,15,23-24H,2-4H2,1H3,(H,17,28)(H,18,19,21)/b9-5+/t8-,11-,12-,15?/m1/s1. The molecule has 12 heteroatoms. The van der Waals surface area contributed by atoms with E-state index >= 15 is 0 Å². The summed E-state index contributed by atoms with van der Waals surface area (Å²) >= 11 is 4.88. The lowest BCUT2D eigenvalue weighted by Gasteiger charge is -2.16. The van der Waals surface area contributed by atoms with E-state index in [1.807, 2.05) is 0 Å². The van der Waals surface area contributed by atoms with Crippen molar-refractivity contribution >= 4 is 34.4 Å². The Bertz CT molecular complexity index is 899. The van der Waals surface area contributed by atoms with Crippen LogP contribution in [-0.2, 0) is 14.2 Å². The zero-order chi connectivity index (χ0) is 19.7. The van der Waals surface area contributed by atoms with Crippen molar-refractivity contribution in [2.24, 2.45) is 0 Å². The highest BCUT2D eigenvalue weighted by atomic mass is 32.1. The molecule has 0 aliphatic carbocycles. The molecule has 2 aromatic heterocycles. The molecule has 4 N–H and O–H groups in total. The van der Waals surface area contributed by atoms with Crippen LogP contribution in [-0.4, -0.2) is 73.4 Å². The van der Waals surface area contributed by atoms with Crippen molar-refractivity contribution in [3.8, 4) is 0 Å². The second-order valence-corrected chi connectivity index (χ2v) is 6.74. The van der Waals surface area contributed by atoms with Gasteiger partial charge in [-0.1, -0.05) is 0 Å². The molecule has 150 valence electrons. The van der Waals surface area contributed by atoms with Gasteiger partial charge in [0.05, 0.1) is 12.6 Å². The van der Waals surface area contributed by atoms with Crippen LogP contribution in [0.2, 0.25) is 0 Å². The Morgan fingerprint density at radius 3 is 3.00 bits per heavy atom. The Kier molecular flexibility index (Phi) is 5.26. The molecule has 2 saturated heterocycles. The molecule has 4 heterocycles. The monoisotopic (exact) mass is 408 g/mol. The van der Waals surface area contributed by atoms with Crippen LogP contribution < -0.4 is 10.6 Å². The van der Waals surface area contributed by atoms with Crippen molar-refractivity contribution in [2.45, 2.75) is 30.9 Å². The van der Waals surface area contributed by atoms with E-state index in [1.165, 1.54) is 12.7 Å². The molecule has 2 fully saturated rings. The Morgan fingerprint density at radius 1 is 1.39 bits per heavy atom. The summed E-state index contributed by atoms with van der Waals surface area (Å²) < 4.78 is 17.7. The summed E-state index contributed by atoms with van der Waals surface area (Å²) in [5.74, 6) is 0.623. The van der Waals surface area contributed by atoms with Gasteiger partial charge in [-0.2, -0.15) is 0 Å². The topological polar surface area (TPSA) is 136 Å². The Labute approximate surface area is 165 Å². The molecular weight excluding hydrogens is 388 g/mol. The van der Waals surface area contributed by atoms with Crippen LogP contribution in [0.5, 0.6) is 0 Å². The van der Waals surface area contributed by atoms with Gasteiger partial charge < -0.3 is 35.1 Å². The molecule has 4 atom stereocenters. The predicted octanol–water partition coefficient (Wildman–Crippen LogP) is -0.360. The first-order chi connectivity index (χ1) is 13.6. The first-order valence-electron chi connectivity index (χ1n) is 8.71. The van der Waals surface area contributed by atoms with Gasteiger partial charge >= 0.3 is 0 Å². The first-order valence-corrected chi connectivity index (χ1v) is 9.12. The number of aromatic nitrogens is 4. The molecule has 2 aromatic rings. The fourth-order valence-corrected chi connectivity index (χ4v) is 3.13. The highest BCUT2D eigenvalue weighted by Crippen LogP contribution is 2.34. The fraction of sp³-hybridized carbons (Fsp3) is 0.500. The zero-order valence-electron chi connectivity index (χ0n) is 15.0. The molecule has 2 aliphatic heterocycles. The first kappa shape index (κ1) is 18.8. The lowest BCUT2D eigenvalue weighted by molar-refractivity contribution is -0.0120. The number of thiocarbonyl (C=S) groups is 1. The molecular formula is C16H20N6O5S. The molecule has 0 amide bonds. The molecule has 0 bridgehead atoms. The van der Waals surface area contributed by atoms with Gasteiger partial charge in [-0.05, 0) is 18.6 Å². The van der Waals surface area contributed by atoms with E-state index in [2.05, 4.69) is 25.6 Å². The summed E-state index contributed by atoms with van der Waals surface area (Å²) in [4.78, 5) is 12.9. The fourth-order valence-electron chi connectivity index (χ4n) is 3.08. The molecule has 0 aromatic carbocycles. The van der Waals surface area contributed by atoms with E-state index < -0.39 is 18.4 Å². The number of hydrogen-bond acceptors (Lipinski definition) is 10. The summed E-state index contributed by atoms with van der Waals surface area (Å²) in [6.45, 7) is 1.31. The maximum atomic E-state index is 10.4. The van der Waals surface area contributed by atoms with E-state index in [0.717, 1.165) is 12.7 Å². The van der Waals surface area contributed by atoms with E-state index in [4.69, 9.17) is 26.4 Å². The van der Waals surface area contributed by atoms with Crippen LogP contribution in [0.3, 0.4) is 0 Å². The van der Waals surface area contributed by atoms with Crippen molar-refractivity contribution in [2.75, 3.05) is 25.6 Å². The maximum absolute atomic E-state index is 10.4. The number of hydrogen-bond donors (Lipinski definition) is 4. The SMILES string of the molecule is CNC(=S)O/C=C1/OC(n2cnc3c(N[C@@H]4CCOC4)ncnc32)[C@H](O)[C@@H]1O. The highest BCUT2D eigenvalue weighted by molar-refractivity contribution is 7.80. The molecule has 0 radical (unpaired) electrons. The van der Waals surface area contributed by atoms with Crippen molar-refractivity contribution in [3.05, 3.63) is 24.7 Å². The van der Waals surface area contributed by atoms with E-state index in [0.29, 0.717) is 30.2 Å². The molecule has 2 aliphatic rings. The molecule has 0 saturated carbocycles. The van der Waals surface area contributed by atoms with Gasteiger partial charge in [0, 0.05) is 13.7 Å². The quantitative estimate of drug-likeness (QED) is 0.390. The molecule has 4 rings (SSSR count). The summed E-state index contributed by atoms with van der Waals surface area (Å²) in [5, 5.41) is 26.7. The molecule has 11 nitrogen and oxygen atoms in total. The second kappa shape index (κ2) is 7.83. The number of ether oxygens (including phenoxy) is 3. The van der Waals surface area contributed by atoms with Crippen LogP contribution in [0.1, 0.15) is 12.6 Å². The number of rotatable bonds is 4. The average molecular weight is 408 g/mol. The average Bonchev–Trinajstić information content (AvgIpc) is 3.42. The normalized spacial score (nSPS) is 28.5. The minimum Gasteiger partial charge on any atom is -0.465 e. The summed E-state index contributed by atoms with van der Waals surface area (Å²) in [7, 11) is 1.60. The van der Waals surface area contributed by atoms with Gasteiger partial charge in [0.25, 0.3) is 5.17 Å². The van der Waals surface area contributed by atoms with Crippen molar-refractivity contribution in [1.82, 2.24) is 24.8 Å². The van der Waals surface area contributed by atoms with Gasteiger partial charge in [0.15, 0.2) is 22.7 Å². The number of anilines is 1. The lowest BCUT2D eigenvalue weighted by Crippen LogP contribution is -2.28. The smallest absolute Gasteiger partial charge is 0.261 e. The van der Waals surface area contributed by atoms with Crippen molar-refractivity contribution < 1.29 is 24.4 Å². The van der Waals surface area contributed by atoms with Crippen LogP contribution in [0, 0.1) is 0 Å². The minimum atomic E-state index is -1.28. The van der Waals surface area contributed by atoms with Gasteiger partial charge in [-0.25, -0.2) is 15.0 Å². The number of nitrogens with one attached hydrogen (secondary N) is 2. The highest BCUT2D eigenvalue weighted by Gasteiger charge is 2.42. The zero-order valence-corrected chi connectivity index (χ0v) is 15.8. The molecule has 1 unspecified atom stereocenters. The van der Waals surface area contributed by atoms with Crippen LogP contribution in [0.4, 0.5) is 5.82 Å². The second-order valence-electron chi connectivity index (χ2n) is 6.37. The van der Waals surface area contributed by atoms with Gasteiger partial charge in [-0.3, -0.25) is 4.57 Å². The molecule has 28 heavy (non-hydrogen) atoms. The number of aliphatic hydroxyl groups excluding tert-OH is 2. The maximum Gasteiger partial charge on any atom is 0.261 e.